The number of aryl methyl sites for hydroxylation is 1. The standard InChI is InChI=1S/C22H31ClN2O2/c1-5-26-21-14-19(15-24-11-6-12-25(3)4)13-20(23)22(21)27-16-18-9-7-17(2)8-10-18/h7-10,13-14,24H,5-6,11-12,15-16H2,1-4H3. The summed E-state index contributed by atoms with van der Waals surface area (Å²) in [6, 6.07) is 12.3. The Morgan fingerprint density at radius 2 is 1.78 bits per heavy atom. The van der Waals surface area contributed by atoms with Gasteiger partial charge in [0.2, 0.25) is 0 Å². The molecule has 2 aromatic carbocycles. The summed E-state index contributed by atoms with van der Waals surface area (Å²) >= 11 is 6.50. The summed E-state index contributed by atoms with van der Waals surface area (Å²) < 4.78 is 11.8. The molecule has 0 saturated heterocycles. The number of hydrogen-bond donors (Lipinski definition) is 1. The fraction of sp³-hybridized carbons (Fsp3) is 0.455. The zero-order chi connectivity index (χ0) is 19.6. The summed E-state index contributed by atoms with van der Waals surface area (Å²) in [7, 11) is 4.17. The van der Waals surface area contributed by atoms with E-state index in [-0.39, 0.29) is 0 Å². The molecular weight excluding hydrogens is 360 g/mol. The Morgan fingerprint density at radius 1 is 1.04 bits per heavy atom. The highest BCUT2D eigenvalue weighted by atomic mass is 35.5. The van der Waals surface area contributed by atoms with Gasteiger partial charge in [-0.25, -0.2) is 0 Å². The molecule has 0 aliphatic heterocycles. The second-order valence-electron chi connectivity index (χ2n) is 6.95. The summed E-state index contributed by atoms with van der Waals surface area (Å²) in [5.74, 6) is 1.30. The highest BCUT2D eigenvalue weighted by Crippen LogP contribution is 2.37. The van der Waals surface area contributed by atoms with E-state index in [1.54, 1.807) is 0 Å². The molecule has 0 aliphatic rings. The third-order valence-electron chi connectivity index (χ3n) is 4.16. The summed E-state index contributed by atoms with van der Waals surface area (Å²) in [6.07, 6.45) is 1.11. The Bertz CT molecular complexity index is 702. The largest absolute Gasteiger partial charge is 0.490 e. The van der Waals surface area contributed by atoms with Gasteiger partial charge in [-0.2, -0.15) is 0 Å². The minimum Gasteiger partial charge on any atom is -0.490 e. The zero-order valence-corrected chi connectivity index (χ0v) is 17.6. The molecule has 0 bridgehead atoms. The van der Waals surface area contributed by atoms with Crippen LogP contribution in [-0.2, 0) is 13.2 Å². The van der Waals surface area contributed by atoms with E-state index in [1.807, 2.05) is 19.1 Å². The first kappa shape index (κ1) is 21.5. The van der Waals surface area contributed by atoms with Crippen LogP contribution < -0.4 is 14.8 Å². The van der Waals surface area contributed by atoms with E-state index < -0.39 is 0 Å². The topological polar surface area (TPSA) is 33.7 Å². The number of hydrogen-bond acceptors (Lipinski definition) is 4. The molecule has 0 heterocycles. The van der Waals surface area contributed by atoms with E-state index in [0.29, 0.717) is 29.7 Å². The van der Waals surface area contributed by atoms with Crippen molar-refractivity contribution in [2.75, 3.05) is 33.8 Å². The molecule has 5 heteroatoms. The van der Waals surface area contributed by atoms with Gasteiger partial charge in [0.05, 0.1) is 11.6 Å². The maximum absolute atomic E-state index is 6.50. The Hall–Kier alpha value is -1.75. The fourth-order valence-corrected chi connectivity index (χ4v) is 3.01. The van der Waals surface area contributed by atoms with Crippen LogP contribution in [0.4, 0.5) is 0 Å². The molecule has 2 rings (SSSR count). The molecule has 0 unspecified atom stereocenters. The van der Waals surface area contributed by atoms with Crippen LogP contribution >= 0.6 is 11.6 Å². The van der Waals surface area contributed by atoms with Crippen LogP contribution in [0.2, 0.25) is 5.02 Å². The quantitative estimate of drug-likeness (QED) is 0.565. The number of nitrogens with one attached hydrogen (secondary N) is 1. The van der Waals surface area contributed by atoms with Gasteiger partial charge in [0.15, 0.2) is 11.5 Å². The van der Waals surface area contributed by atoms with Crippen molar-refractivity contribution in [1.82, 2.24) is 10.2 Å². The van der Waals surface area contributed by atoms with Crippen molar-refractivity contribution in [3.63, 3.8) is 0 Å². The lowest BCUT2D eigenvalue weighted by Gasteiger charge is -2.16. The fourth-order valence-electron chi connectivity index (χ4n) is 2.72. The second kappa shape index (κ2) is 11.2. The predicted octanol–water partition coefficient (Wildman–Crippen LogP) is 4.67. The third kappa shape index (κ3) is 7.41. The van der Waals surface area contributed by atoms with Crippen molar-refractivity contribution in [3.05, 3.63) is 58.1 Å². The smallest absolute Gasteiger partial charge is 0.180 e. The normalized spacial score (nSPS) is 11.0. The Kier molecular flexibility index (Phi) is 8.92. The Labute approximate surface area is 168 Å². The van der Waals surface area contributed by atoms with E-state index in [2.05, 4.69) is 55.5 Å². The van der Waals surface area contributed by atoms with Crippen molar-refractivity contribution < 1.29 is 9.47 Å². The van der Waals surface area contributed by atoms with E-state index in [9.17, 15) is 0 Å². The number of rotatable bonds is 11. The second-order valence-corrected chi connectivity index (χ2v) is 7.35. The molecule has 0 atom stereocenters. The number of nitrogens with zero attached hydrogens (tertiary/aromatic N) is 1. The van der Waals surface area contributed by atoms with Gasteiger partial charge < -0.3 is 19.7 Å². The predicted molar refractivity (Wildman–Crippen MR) is 113 cm³/mol. The van der Waals surface area contributed by atoms with E-state index in [1.165, 1.54) is 5.56 Å². The highest BCUT2D eigenvalue weighted by molar-refractivity contribution is 6.32. The average molecular weight is 391 g/mol. The third-order valence-corrected chi connectivity index (χ3v) is 4.44. The van der Waals surface area contributed by atoms with Gasteiger partial charge in [0.25, 0.3) is 0 Å². The van der Waals surface area contributed by atoms with Gasteiger partial charge in [0, 0.05) is 6.54 Å². The maximum Gasteiger partial charge on any atom is 0.180 e. The summed E-state index contributed by atoms with van der Waals surface area (Å²) in [5, 5.41) is 4.04. The molecule has 0 spiro atoms. The molecule has 0 amide bonds. The van der Waals surface area contributed by atoms with Gasteiger partial charge in [0.1, 0.15) is 6.61 Å². The van der Waals surface area contributed by atoms with Gasteiger partial charge in [-0.3, -0.25) is 0 Å². The lowest BCUT2D eigenvalue weighted by molar-refractivity contribution is 0.269. The van der Waals surface area contributed by atoms with Crippen LogP contribution in [-0.4, -0.2) is 38.7 Å². The summed E-state index contributed by atoms with van der Waals surface area (Å²) in [4.78, 5) is 2.19. The van der Waals surface area contributed by atoms with Gasteiger partial charge in [-0.1, -0.05) is 41.4 Å². The van der Waals surface area contributed by atoms with Gasteiger partial charge in [-0.15, -0.1) is 0 Å². The monoisotopic (exact) mass is 390 g/mol. The van der Waals surface area contributed by atoms with E-state index in [4.69, 9.17) is 21.1 Å². The summed E-state index contributed by atoms with van der Waals surface area (Å²) in [6.45, 7) is 7.85. The number of benzene rings is 2. The molecule has 1 N–H and O–H groups in total. The van der Waals surface area contributed by atoms with Crippen molar-refractivity contribution >= 4 is 11.6 Å². The van der Waals surface area contributed by atoms with Crippen molar-refractivity contribution in [3.8, 4) is 11.5 Å². The van der Waals surface area contributed by atoms with Crippen LogP contribution in [0.5, 0.6) is 11.5 Å². The first-order valence-corrected chi connectivity index (χ1v) is 9.86. The van der Waals surface area contributed by atoms with Crippen molar-refractivity contribution in [1.29, 1.82) is 0 Å². The maximum atomic E-state index is 6.50. The Balaban J connectivity index is 2.00. The minimum absolute atomic E-state index is 0.461. The number of halogens is 1. The van der Waals surface area contributed by atoms with Gasteiger partial charge >= 0.3 is 0 Å². The highest BCUT2D eigenvalue weighted by Gasteiger charge is 2.13. The lowest BCUT2D eigenvalue weighted by Crippen LogP contribution is -2.21. The average Bonchev–Trinajstić information content (AvgIpc) is 2.62. The molecule has 0 aliphatic carbocycles. The zero-order valence-electron chi connectivity index (χ0n) is 16.8. The first-order chi connectivity index (χ1) is 13.0. The minimum atomic E-state index is 0.461. The molecule has 27 heavy (non-hydrogen) atoms. The Morgan fingerprint density at radius 3 is 2.44 bits per heavy atom. The lowest BCUT2D eigenvalue weighted by atomic mass is 10.1. The SMILES string of the molecule is CCOc1cc(CNCCCN(C)C)cc(Cl)c1OCc1ccc(C)cc1. The first-order valence-electron chi connectivity index (χ1n) is 9.48. The molecule has 0 radical (unpaired) electrons. The molecule has 2 aromatic rings. The molecule has 0 fully saturated rings. The molecule has 4 nitrogen and oxygen atoms in total. The number of ether oxygens (including phenoxy) is 2. The van der Waals surface area contributed by atoms with Crippen LogP contribution in [0.3, 0.4) is 0 Å². The summed E-state index contributed by atoms with van der Waals surface area (Å²) in [5.41, 5.74) is 3.43. The van der Waals surface area contributed by atoms with E-state index >= 15 is 0 Å². The van der Waals surface area contributed by atoms with Gasteiger partial charge in [-0.05, 0) is 70.7 Å². The molecule has 0 aromatic heterocycles. The van der Waals surface area contributed by atoms with Crippen molar-refractivity contribution in [2.45, 2.75) is 33.4 Å². The van der Waals surface area contributed by atoms with Crippen LogP contribution in [0.1, 0.15) is 30.0 Å². The molecule has 148 valence electrons. The molecule has 0 saturated carbocycles. The van der Waals surface area contributed by atoms with Crippen molar-refractivity contribution in [2.24, 2.45) is 0 Å². The molecular formula is C22H31ClN2O2. The van der Waals surface area contributed by atoms with Crippen LogP contribution in [0, 0.1) is 6.92 Å². The van der Waals surface area contributed by atoms with Crippen LogP contribution in [0.25, 0.3) is 0 Å². The van der Waals surface area contributed by atoms with Crippen LogP contribution in [0.15, 0.2) is 36.4 Å². The van der Waals surface area contributed by atoms with E-state index in [0.717, 1.165) is 37.2 Å².